The summed E-state index contributed by atoms with van der Waals surface area (Å²) in [6.07, 6.45) is 11.1. The fourth-order valence-corrected chi connectivity index (χ4v) is 5.88. The highest BCUT2D eigenvalue weighted by Crippen LogP contribution is 2.31. The summed E-state index contributed by atoms with van der Waals surface area (Å²) in [5.74, 6) is 0.818. The zero-order valence-electron chi connectivity index (χ0n) is 32.3. The lowest BCUT2D eigenvalue weighted by Crippen LogP contribution is -2.09. The maximum Gasteiger partial charge on any atom is 0.343 e. The van der Waals surface area contributed by atoms with Crippen molar-refractivity contribution in [2.45, 2.75) is 77.6 Å². The topological polar surface area (TPSA) is 139 Å². The summed E-state index contributed by atoms with van der Waals surface area (Å²) >= 11 is 0. The molecule has 0 aromatic heterocycles. The van der Waals surface area contributed by atoms with Crippen LogP contribution in [0.3, 0.4) is 0 Å². The van der Waals surface area contributed by atoms with Crippen molar-refractivity contribution in [1.82, 2.24) is 0 Å². The highest BCUT2D eigenvalue weighted by atomic mass is 16.6. The number of rotatable bonds is 23. The van der Waals surface area contributed by atoms with E-state index in [9.17, 15) is 19.7 Å². The molecule has 0 N–H and O–H groups in total. The molecule has 0 aliphatic heterocycles. The maximum absolute atomic E-state index is 13.2. The van der Waals surface area contributed by atoms with Crippen molar-refractivity contribution in [3.8, 4) is 34.1 Å². The quantitative estimate of drug-likeness (QED) is 0.0160. The van der Waals surface area contributed by atoms with Crippen molar-refractivity contribution in [3.63, 3.8) is 0 Å². The second-order valence-electron chi connectivity index (χ2n) is 13.5. The fourth-order valence-electron chi connectivity index (χ4n) is 5.88. The lowest BCUT2D eigenvalue weighted by Gasteiger charge is -2.11. The highest BCUT2D eigenvalue weighted by Gasteiger charge is 2.13. The number of nitrogens with zero attached hydrogens (tertiary/aromatic N) is 3. The number of non-ortho nitro benzene ring substituents is 1. The molecule has 11 heteroatoms. The number of ether oxygens (including phenoxy) is 4. The minimum absolute atomic E-state index is 0.0626. The molecule has 0 saturated carbocycles. The van der Waals surface area contributed by atoms with E-state index >= 15 is 0 Å². The van der Waals surface area contributed by atoms with E-state index in [1.54, 1.807) is 54.6 Å². The number of hydrogen-bond donors (Lipinski definition) is 0. The molecule has 0 bridgehead atoms. The van der Waals surface area contributed by atoms with Gasteiger partial charge in [-0.05, 0) is 78.9 Å². The van der Waals surface area contributed by atoms with Crippen molar-refractivity contribution < 1.29 is 33.5 Å². The number of unbranched alkanes of at least 4 members (excludes halogenated alkanes) is 8. The predicted octanol–water partition coefficient (Wildman–Crippen LogP) is 12.6. The summed E-state index contributed by atoms with van der Waals surface area (Å²) in [5, 5.41) is 19.5. The van der Waals surface area contributed by atoms with Crippen LogP contribution in [-0.2, 0) is 4.79 Å². The van der Waals surface area contributed by atoms with Crippen LogP contribution in [0.4, 0.5) is 17.1 Å². The summed E-state index contributed by atoms with van der Waals surface area (Å²) in [6.45, 7) is 3.12. The van der Waals surface area contributed by atoms with Gasteiger partial charge in [0.05, 0.1) is 35.1 Å². The van der Waals surface area contributed by atoms with Crippen LogP contribution in [-0.4, -0.2) is 30.1 Å². The third kappa shape index (κ3) is 14.7. The number of benzene rings is 5. The third-order valence-corrected chi connectivity index (χ3v) is 9.01. The Labute approximate surface area is 333 Å². The monoisotopic (exact) mass is 771 g/mol. The van der Waals surface area contributed by atoms with Crippen LogP contribution in [0.15, 0.2) is 132 Å². The van der Waals surface area contributed by atoms with Crippen molar-refractivity contribution in [2.24, 2.45) is 10.2 Å². The summed E-state index contributed by atoms with van der Waals surface area (Å²) in [4.78, 5) is 36.2. The minimum Gasteiger partial charge on any atom is -0.494 e. The van der Waals surface area contributed by atoms with Crippen molar-refractivity contribution in [3.05, 3.63) is 137 Å². The second kappa shape index (κ2) is 22.9. The molecule has 0 saturated heterocycles. The number of nitro groups is 1. The van der Waals surface area contributed by atoms with Gasteiger partial charge in [-0.2, -0.15) is 10.2 Å². The molecule has 5 rings (SSSR count). The van der Waals surface area contributed by atoms with Gasteiger partial charge < -0.3 is 18.9 Å². The highest BCUT2D eigenvalue weighted by molar-refractivity contribution is 5.91. The van der Waals surface area contributed by atoms with Gasteiger partial charge in [-0.25, -0.2) is 4.79 Å². The van der Waals surface area contributed by atoms with Gasteiger partial charge in [-0.15, -0.1) is 0 Å². The van der Waals surface area contributed by atoms with Crippen LogP contribution in [0.2, 0.25) is 0 Å². The van der Waals surface area contributed by atoms with Crippen molar-refractivity contribution >= 4 is 29.0 Å². The molecule has 0 fully saturated rings. The SMILES string of the molecule is CCCCCCCCCCOc1ccc(C(=O)Oc2cc(N=Nc3ccc([N+](=O)[O-])cc3)cc(OCCCCC(=O)Oc3ccc(-c4ccccc4)cc3)c2)cc1. The lowest BCUT2D eigenvalue weighted by molar-refractivity contribution is -0.384. The normalized spacial score (nSPS) is 11.0. The van der Waals surface area contributed by atoms with E-state index in [1.807, 2.05) is 42.5 Å². The van der Waals surface area contributed by atoms with Gasteiger partial charge in [0.15, 0.2) is 0 Å². The number of nitro benzene ring substituents is 1. The van der Waals surface area contributed by atoms with Gasteiger partial charge in [-0.3, -0.25) is 14.9 Å². The summed E-state index contributed by atoms with van der Waals surface area (Å²) in [5.41, 5.74) is 3.13. The Kier molecular flexibility index (Phi) is 16.8. The van der Waals surface area contributed by atoms with E-state index in [1.165, 1.54) is 62.8 Å². The molecular formula is C46H49N3O8. The Morgan fingerprint density at radius 1 is 0.561 bits per heavy atom. The van der Waals surface area contributed by atoms with Crippen LogP contribution < -0.4 is 18.9 Å². The van der Waals surface area contributed by atoms with Gasteiger partial charge in [0.25, 0.3) is 5.69 Å². The third-order valence-electron chi connectivity index (χ3n) is 9.01. The molecule has 0 spiro atoms. The number of esters is 2. The minimum atomic E-state index is -0.576. The zero-order valence-corrected chi connectivity index (χ0v) is 32.3. The Balaban J connectivity index is 1.13. The molecular weight excluding hydrogens is 723 g/mol. The molecule has 0 unspecified atom stereocenters. The average Bonchev–Trinajstić information content (AvgIpc) is 3.23. The van der Waals surface area contributed by atoms with Crippen LogP contribution in [0.5, 0.6) is 23.0 Å². The van der Waals surface area contributed by atoms with Crippen molar-refractivity contribution in [1.29, 1.82) is 0 Å². The molecule has 0 aliphatic rings. The van der Waals surface area contributed by atoms with E-state index in [4.69, 9.17) is 18.9 Å². The maximum atomic E-state index is 13.2. The number of carbonyl (C=O) groups is 2. The van der Waals surface area contributed by atoms with E-state index < -0.39 is 10.9 Å². The number of hydrogen-bond acceptors (Lipinski definition) is 10. The first kappa shape index (κ1) is 41.8. The average molecular weight is 772 g/mol. The molecule has 5 aromatic carbocycles. The first-order valence-corrected chi connectivity index (χ1v) is 19.6. The summed E-state index contributed by atoms with van der Waals surface area (Å²) < 4.78 is 23.1. The molecule has 57 heavy (non-hydrogen) atoms. The predicted molar refractivity (Wildman–Crippen MR) is 220 cm³/mol. The molecule has 0 atom stereocenters. The summed E-state index contributed by atoms with van der Waals surface area (Å²) in [7, 11) is 0. The smallest absolute Gasteiger partial charge is 0.343 e. The molecule has 0 heterocycles. The second-order valence-corrected chi connectivity index (χ2v) is 13.5. The van der Waals surface area contributed by atoms with E-state index in [2.05, 4.69) is 17.2 Å². The van der Waals surface area contributed by atoms with Crippen LogP contribution in [0.25, 0.3) is 11.1 Å². The van der Waals surface area contributed by atoms with Gasteiger partial charge in [0.1, 0.15) is 23.0 Å². The van der Waals surface area contributed by atoms with Gasteiger partial charge >= 0.3 is 11.9 Å². The molecule has 296 valence electrons. The van der Waals surface area contributed by atoms with Crippen LogP contribution in [0.1, 0.15) is 87.9 Å². The molecule has 0 amide bonds. The van der Waals surface area contributed by atoms with Crippen molar-refractivity contribution in [2.75, 3.05) is 13.2 Å². The van der Waals surface area contributed by atoms with Gasteiger partial charge in [-0.1, -0.05) is 94.3 Å². The molecule has 0 aliphatic carbocycles. The van der Waals surface area contributed by atoms with E-state index in [0.29, 0.717) is 53.6 Å². The zero-order chi connectivity index (χ0) is 40.1. The first-order valence-electron chi connectivity index (χ1n) is 19.6. The Hall–Kier alpha value is -6.36. The molecule has 11 nitrogen and oxygen atoms in total. The Morgan fingerprint density at radius 3 is 1.82 bits per heavy atom. The van der Waals surface area contributed by atoms with E-state index in [-0.39, 0.29) is 30.4 Å². The Morgan fingerprint density at radius 2 is 1.14 bits per heavy atom. The largest absolute Gasteiger partial charge is 0.494 e. The Bertz CT molecular complexity index is 2030. The van der Waals surface area contributed by atoms with Gasteiger partial charge in [0.2, 0.25) is 0 Å². The molecule has 0 radical (unpaired) electrons. The standard InChI is InChI=1S/C46H49N3O8/c1-2-3-4-5-6-7-8-13-30-54-41-26-20-37(21-27-41)46(51)57-44-33-39(48-47-38-22-24-40(25-23-38)49(52)53)32-43(34-44)55-31-14-12-17-45(50)56-42-28-18-36(19-29-42)35-15-10-9-11-16-35/h9-11,15-16,18-29,32-34H,2-8,12-14,17,30-31H2,1H3. The van der Waals surface area contributed by atoms with E-state index in [0.717, 1.165) is 24.0 Å². The summed E-state index contributed by atoms with van der Waals surface area (Å²) in [6, 6.07) is 34.6. The van der Waals surface area contributed by atoms with Crippen LogP contribution in [0, 0.1) is 10.1 Å². The lowest BCUT2D eigenvalue weighted by atomic mass is 10.1. The number of azo groups is 1. The fraction of sp³-hybridized carbons (Fsp3) is 0.304. The van der Waals surface area contributed by atoms with Crippen LogP contribution >= 0.6 is 0 Å². The van der Waals surface area contributed by atoms with Gasteiger partial charge in [0, 0.05) is 36.8 Å². The first-order chi connectivity index (χ1) is 27.9. The molecule has 5 aromatic rings. The number of carbonyl (C=O) groups excluding carboxylic acids is 2.